The van der Waals surface area contributed by atoms with Gasteiger partial charge in [0.1, 0.15) is 0 Å². The van der Waals surface area contributed by atoms with E-state index in [1.165, 1.54) is 14.4 Å². The van der Waals surface area contributed by atoms with Gasteiger partial charge in [-0.05, 0) is 34.3 Å². The summed E-state index contributed by atoms with van der Waals surface area (Å²) in [4.78, 5) is 5.70. The first-order valence-electron chi connectivity index (χ1n) is 5.54. The Kier molecular flexibility index (Phi) is 4.73. The van der Waals surface area contributed by atoms with Crippen molar-refractivity contribution in [2.75, 3.05) is 6.54 Å². The van der Waals surface area contributed by atoms with Gasteiger partial charge in [-0.15, -0.1) is 22.7 Å². The van der Waals surface area contributed by atoms with E-state index in [1.807, 2.05) is 11.6 Å². The third-order valence-electron chi connectivity index (χ3n) is 2.64. The van der Waals surface area contributed by atoms with Gasteiger partial charge in [0.05, 0.1) is 5.01 Å². The average Bonchev–Trinajstić information content (AvgIpc) is 2.95. The summed E-state index contributed by atoms with van der Waals surface area (Å²) in [7, 11) is 0. The lowest BCUT2D eigenvalue weighted by atomic mass is 10.2. The Hall–Kier alpha value is -0.230. The minimum Gasteiger partial charge on any atom is -0.309 e. The normalized spacial score (nSPS) is 14.8. The molecule has 0 aliphatic heterocycles. The molecule has 0 saturated heterocycles. The van der Waals surface area contributed by atoms with Crippen LogP contribution in [0.1, 0.15) is 35.7 Å². The first-order chi connectivity index (χ1) is 8.18. The average molecular weight is 331 g/mol. The maximum atomic E-state index is 4.35. The second-order valence-electron chi connectivity index (χ2n) is 4.03. The van der Waals surface area contributed by atoms with Crippen molar-refractivity contribution in [2.45, 2.75) is 25.8 Å². The number of nitrogens with one attached hydrogen (secondary N) is 1. The molecule has 0 bridgehead atoms. The van der Waals surface area contributed by atoms with Gasteiger partial charge in [0, 0.05) is 39.4 Å². The molecular weight excluding hydrogens is 316 g/mol. The maximum Gasteiger partial charge on any atom is 0.0965 e. The highest BCUT2D eigenvalue weighted by atomic mass is 79.9. The van der Waals surface area contributed by atoms with Gasteiger partial charge in [-0.2, -0.15) is 0 Å². The Bertz CT molecular complexity index is 453. The van der Waals surface area contributed by atoms with Crippen LogP contribution in [0.2, 0.25) is 0 Å². The van der Waals surface area contributed by atoms with Gasteiger partial charge in [-0.1, -0.05) is 6.92 Å². The number of thiophene rings is 1. The Morgan fingerprint density at radius 2 is 2.18 bits per heavy atom. The Labute approximate surface area is 118 Å². The van der Waals surface area contributed by atoms with E-state index in [-0.39, 0.29) is 0 Å². The van der Waals surface area contributed by atoms with Gasteiger partial charge < -0.3 is 5.32 Å². The van der Waals surface area contributed by atoms with Crippen molar-refractivity contribution in [3.63, 3.8) is 0 Å². The zero-order valence-corrected chi connectivity index (χ0v) is 13.0. The monoisotopic (exact) mass is 330 g/mol. The fourth-order valence-corrected chi connectivity index (χ4v) is 4.07. The molecule has 0 spiro atoms. The molecule has 0 aromatic carbocycles. The fraction of sp³-hybridized carbons (Fsp3) is 0.417. The van der Waals surface area contributed by atoms with Crippen molar-refractivity contribution < 1.29 is 0 Å². The predicted octanol–water partition coefficient (Wildman–Crippen LogP) is 4.42. The van der Waals surface area contributed by atoms with Crippen LogP contribution in [-0.2, 0) is 0 Å². The van der Waals surface area contributed by atoms with Crippen LogP contribution >= 0.6 is 38.6 Å². The zero-order valence-electron chi connectivity index (χ0n) is 9.81. The molecule has 0 radical (unpaired) electrons. The summed E-state index contributed by atoms with van der Waals surface area (Å²) in [6.45, 7) is 5.37. The molecule has 2 rings (SSSR count). The van der Waals surface area contributed by atoms with E-state index in [0.717, 1.165) is 6.54 Å². The molecular formula is C12H15BrN2S2. The van der Waals surface area contributed by atoms with E-state index in [2.05, 4.69) is 51.5 Å². The van der Waals surface area contributed by atoms with Crippen LogP contribution in [0.3, 0.4) is 0 Å². The molecule has 5 heteroatoms. The standard InChI is InChI=1S/C12H15BrN2S2/c1-8(12-14-4-6-17-12)7-15-9(2)11-10(13)3-5-16-11/h3-6,8-9,15H,7H2,1-2H3. The summed E-state index contributed by atoms with van der Waals surface area (Å²) in [6, 6.07) is 2.48. The van der Waals surface area contributed by atoms with Crippen LogP contribution in [0.4, 0.5) is 0 Å². The van der Waals surface area contributed by atoms with Gasteiger partial charge in [0.2, 0.25) is 0 Å². The molecule has 2 nitrogen and oxygen atoms in total. The lowest BCUT2D eigenvalue weighted by Gasteiger charge is -2.16. The van der Waals surface area contributed by atoms with E-state index < -0.39 is 0 Å². The van der Waals surface area contributed by atoms with Crippen LogP contribution in [-0.4, -0.2) is 11.5 Å². The van der Waals surface area contributed by atoms with Gasteiger partial charge >= 0.3 is 0 Å². The smallest absolute Gasteiger partial charge is 0.0965 e. The van der Waals surface area contributed by atoms with Crippen LogP contribution in [0.15, 0.2) is 27.5 Å². The number of halogens is 1. The quantitative estimate of drug-likeness (QED) is 0.877. The van der Waals surface area contributed by atoms with Gasteiger partial charge in [-0.3, -0.25) is 0 Å². The number of hydrogen-bond donors (Lipinski definition) is 1. The lowest BCUT2D eigenvalue weighted by molar-refractivity contribution is 0.541. The molecule has 0 aliphatic carbocycles. The first kappa shape index (κ1) is 13.2. The molecule has 0 saturated carbocycles. The summed E-state index contributed by atoms with van der Waals surface area (Å²) in [5.41, 5.74) is 0. The van der Waals surface area contributed by atoms with Crippen LogP contribution < -0.4 is 5.32 Å². The van der Waals surface area contributed by atoms with Crippen molar-refractivity contribution in [1.82, 2.24) is 10.3 Å². The number of rotatable bonds is 5. The summed E-state index contributed by atoms with van der Waals surface area (Å²) < 4.78 is 1.20. The SMILES string of the molecule is CC(CNC(C)c1sccc1Br)c1nccs1. The van der Waals surface area contributed by atoms with Crippen LogP contribution in [0.25, 0.3) is 0 Å². The van der Waals surface area contributed by atoms with E-state index >= 15 is 0 Å². The molecule has 2 aromatic rings. The van der Waals surface area contributed by atoms with E-state index in [9.17, 15) is 0 Å². The van der Waals surface area contributed by atoms with E-state index in [1.54, 1.807) is 22.7 Å². The highest BCUT2D eigenvalue weighted by molar-refractivity contribution is 9.10. The van der Waals surface area contributed by atoms with Gasteiger partial charge in [-0.25, -0.2) is 4.98 Å². The van der Waals surface area contributed by atoms with Crippen molar-refractivity contribution in [2.24, 2.45) is 0 Å². The lowest BCUT2D eigenvalue weighted by Crippen LogP contribution is -2.23. The zero-order chi connectivity index (χ0) is 12.3. The minimum atomic E-state index is 0.381. The molecule has 0 amide bonds. The van der Waals surface area contributed by atoms with Crippen molar-refractivity contribution >= 4 is 38.6 Å². The number of aromatic nitrogens is 1. The Morgan fingerprint density at radius 1 is 1.35 bits per heavy atom. The van der Waals surface area contributed by atoms with Gasteiger partial charge in [0.25, 0.3) is 0 Å². The van der Waals surface area contributed by atoms with Crippen LogP contribution in [0.5, 0.6) is 0 Å². The van der Waals surface area contributed by atoms with E-state index in [0.29, 0.717) is 12.0 Å². The second kappa shape index (κ2) is 6.09. The topological polar surface area (TPSA) is 24.9 Å². The molecule has 0 fully saturated rings. The summed E-state index contributed by atoms with van der Waals surface area (Å²) in [5.74, 6) is 0.469. The maximum absolute atomic E-state index is 4.35. The summed E-state index contributed by atoms with van der Waals surface area (Å²) >= 11 is 7.08. The molecule has 17 heavy (non-hydrogen) atoms. The van der Waals surface area contributed by atoms with Crippen molar-refractivity contribution in [3.05, 3.63) is 37.4 Å². The molecule has 92 valence electrons. The van der Waals surface area contributed by atoms with E-state index in [4.69, 9.17) is 0 Å². The van der Waals surface area contributed by atoms with Crippen molar-refractivity contribution in [3.8, 4) is 0 Å². The largest absolute Gasteiger partial charge is 0.309 e. The fourth-order valence-electron chi connectivity index (χ4n) is 1.63. The molecule has 2 atom stereocenters. The van der Waals surface area contributed by atoms with Crippen LogP contribution in [0, 0.1) is 0 Å². The molecule has 2 heterocycles. The van der Waals surface area contributed by atoms with Gasteiger partial charge in [0.15, 0.2) is 0 Å². The molecule has 1 N–H and O–H groups in total. The molecule has 0 aliphatic rings. The third-order valence-corrected chi connectivity index (χ3v) is 5.70. The number of nitrogens with zero attached hydrogens (tertiary/aromatic N) is 1. The van der Waals surface area contributed by atoms with Crippen molar-refractivity contribution in [1.29, 1.82) is 0 Å². The highest BCUT2D eigenvalue weighted by Crippen LogP contribution is 2.29. The second-order valence-corrected chi connectivity index (χ2v) is 6.76. The molecule has 2 unspecified atom stereocenters. The highest BCUT2D eigenvalue weighted by Gasteiger charge is 2.13. The summed E-state index contributed by atoms with van der Waals surface area (Å²) in [5, 5.41) is 8.91. The summed E-state index contributed by atoms with van der Waals surface area (Å²) in [6.07, 6.45) is 1.87. The number of thiazole rings is 1. The minimum absolute atomic E-state index is 0.381. The Balaban J connectivity index is 1.88. The predicted molar refractivity (Wildman–Crippen MR) is 79.0 cm³/mol. The Morgan fingerprint density at radius 3 is 2.76 bits per heavy atom. The third kappa shape index (κ3) is 3.37. The molecule has 2 aromatic heterocycles. The first-order valence-corrected chi connectivity index (χ1v) is 8.09. The number of hydrogen-bond acceptors (Lipinski definition) is 4.